The lowest BCUT2D eigenvalue weighted by Crippen LogP contribution is -2.42. The summed E-state index contributed by atoms with van der Waals surface area (Å²) in [4.78, 5) is 21.7. The van der Waals surface area contributed by atoms with Crippen LogP contribution in [-0.2, 0) is 23.8 Å². The Morgan fingerprint density at radius 2 is 1.64 bits per heavy atom. The zero-order valence-electron chi connectivity index (χ0n) is 8.96. The summed E-state index contributed by atoms with van der Waals surface area (Å²) in [5.74, 6) is -1.94. The number of ketones is 1. The van der Waals surface area contributed by atoms with Gasteiger partial charge in [-0.05, 0) is 0 Å². The van der Waals surface area contributed by atoms with E-state index in [-0.39, 0.29) is 18.8 Å². The van der Waals surface area contributed by atoms with Crippen LogP contribution in [0.2, 0.25) is 0 Å². The maximum Gasteiger partial charge on any atom is 0.302 e. The Morgan fingerprint density at radius 3 is 1.93 bits per heavy atom. The summed E-state index contributed by atoms with van der Waals surface area (Å²) in [6.07, 6.45) is 0.189. The van der Waals surface area contributed by atoms with Gasteiger partial charge < -0.3 is 14.2 Å². The smallest absolute Gasteiger partial charge is 0.302 e. The van der Waals surface area contributed by atoms with Gasteiger partial charge >= 0.3 is 5.97 Å². The third-order valence-electron chi connectivity index (χ3n) is 1.93. The van der Waals surface area contributed by atoms with Crippen molar-refractivity contribution in [2.24, 2.45) is 0 Å². The van der Waals surface area contributed by atoms with Crippen molar-refractivity contribution < 1.29 is 23.8 Å². The first-order valence-corrected chi connectivity index (χ1v) is 4.23. The number of Topliss-reactive ketones (excluding diaryl/α,β-unsaturated/α-hetero) is 1. The van der Waals surface area contributed by atoms with Crippen molar-refractivity contribution in [3.8, 4) is 0 Å². The number of rotatable bonds is 6. The number of carbonyl (C=O) groups excluding carboxylic acids is 2. The molecule has 0 aromatic heterocycles. The lowest BCUT2D eigenvalue weighted by Gasteiger charge is -2.27. The second kappa shape index (κ2) is 5.72. The Hall–Kier alpha value is -0.940. The Kier molecular flexibility index (Phi) is 5.34. The number of hydrogen-bond acceptors (Lipinski definition) is 5. The number of ether oxygens (including phenoxy) is 3. The topological polar surface area (TPSA) is 61.8 Å². The lowest BCUT2D eigenvalue weighted by atomic mass is 10.1. The van der Waals surface area contributed by atoms with Gasteiger partial charge in [0.1, 0.15) is 0 Å². The van der Waals surface area contributed by atoms with Crippen LogP contribution < -0.4 is 0 Å². The predicted octanol–water partition coefficient (Wildman–Crippen LogP) is 0.518. The minimum absolute atomic E-state index is 0.0938. The molecule has 0 bridgehead atoms. The van der Waals surface area contributed by atoms with Gasteiger partial charge in [-0.25, -0.2) is 0 Å². The SMILES string of the molecule is COC(CCOC(C)=O)(OC)C(C)=O. The summed E-state index contributed by atoms with van der Waals surface area (Å²) in [6, 6.07) is 0. The average molecular weight is 204 g/mol. The van der Waals surface area contributed by atoms with E-state index in [1.165, 1.54) is 28.1 Å². The maximum absolute atomic E-state index is 11.2. The standard InChI is InChI=1S/C9H16O5/c1-7(10)9(12-3,13-4)5-6-14-8(2)11/h5-6H2,1-4H3. The summed E-state index contributed by atoms with van der Waals surface area (Å²) in [5.41, 5.74) is 0. The molecule has 0 unspecified atom stereocenters. The summed E-state index contributed by atoms with van der Waals surface area (Å²) < 4.78 is 14.6. The molecule has 0 rings (SSSR count). The molecule has 0 radical (unpaired) electrons. The molecule has 0 N–H and O–H groups in total. The molecule has 82 valence electrons. The van der Waals surface area contributed by atoms with Crippen molar-refractivity contribution in [2.45, 2.75) is 26.1 Å². The number of esters is 1. The van der Waals surface area contributed by atoms with E-state index in [0.29, 0.717) is 0 Å². The largest absolute Gasteiger partial charge is 0.466 e. The third kappa shape index (κ3) is 3.43. The number of carbonyl (C=O) groups is 2. The van der Waals surface area contributed by atoms with E-state index in [9.17, 15) is 9.59 Å². The molecule has 5 heteroatoms. The molecule has 0 aromatic carbocycles. The van der Waals surface area contributed by atoms with E-state index in [1.54, 1.807) is 0 Å². The molecule has 0 fully saturated rings. The van der Waals surface area contributed by atoms with Gasteiger partial charge in [0, 0.05) is 34.5 Å². The molecular weight excluding hydrogens is 188 g/mol. The fraction of sp³-hybridized carbons (Fsp3) is 0.778. The Bertz CT molecular complexity index is 207. The zero-order valence-corrected chi connectivity index (χ0v) is 8.96. The predicted molar refractivity (Wildman–Crippen MR) is 48.7 cm³/mol. The van der Waals surface area contributed by atoms with E-state index in [0.717, 1.165) is 0 Å². The van der Waals surface area contributed by atoms with Crippen molar-refractivity contribution >= 4 is 11.8 Å². The highest BCUT2D eigenvalue weighted by molar-refractivity contribution is 5.83. The van der Waals surface area contributed by atoms with Crippen LogP contribution in [0.1, 0.15) is 20.3 Å². The van der Waals surface area contributed by atoms with Crippen LogP contribution in [-0.4, -0.2) is 38.4 Å². The van der Waals surface area contributed by atoms with Crippen LogP contribution in [0.25, 0.3) is 0 Å². The van der Waals surface area contributed by atoms with Gasteiger partial charge in [-0.1, -0.05) is 0 Å². The third-order valence-corrected chi connectivity index (χ3v) is 1.93. The highest BCUT2D eigenvalue weighted by Gasteiger charge is 2.35. The van der Waals surface area contributed by atoms with Crippen molar-refractivity contribution in [2.75, 3.05) is 20.8 Å². The highest BCUT2D eigenvalue weighted by atomic mass is 16.7. The van der Waals surface area contributed by atoms with Crippen molar-refractivity contribution in [1.29, 1.82) is 0 Å². The maximum atomic E-state index is 11.2. The van der Waals surface area contributed by atoms with Crippen LogP contribution >= 0.6 is 0 Å². The molecule has 14 heavy (non-hydrogen) atoms. The van der Waals surface area contributed by atoms with E-state index in [2.05, 4.69) is 0 Å². The molecule has 0 heterocycles. The monoisotopic (exact) mass is 204 g/mol. The van der Waals surface area contributed by atoms with Gasteiger partial charge in [-0.2, -0.15) is 0 Å². The quantitative estimate of drug-likeness (QED) is 0.466. The number of hydrogen-bond donors (Lipinski definition) is 0. The first kappa shape index (κ1) is 13.1. The lowest BCUT2D eigenvalue weighted by molar-refractivity contribution is -0.212. The van der Waals surface area contributed by atoms with E-state index >= 15 is 0 Å². The molecule has 0 amide bonds. The zero-order chi connectivity index (χ0) is 11.2. The Balaban J connectivity index is 4.22. The fourth-order valence-corrected chi connectivity index (χ4v) is 1.08. The van der Waals surface area contributed by atoms with Crippen molar-refractivity contribution in [1.82, 2.24) is 0 Å². The van der Waals surface area contributed by atoms with Crippen LogP contribution in [0.4, 0.5) is 0 Å². The van der Waals surface area contributed by atoms with Gasteiger partial charge in [0.05, 0.1) is 6.61 Å². The molecule has 0 aliphatic rings. The van der Waals surface area contributed by atoms with Gasteiger partial charge in [0.25, 0.3) is 0 Å². The van der Waals surface area contributed by atoms with Crippen LogP contribution in [0, 0.1) is 0 Å². The van der Waals surface area contributed by atoms with Gasteiger partial charge in [0.15, 0.2) is 5.78 Å². The van der Waals surface area contributed by atoms with E-state index in [4.69, 9.17) is 14.2 Å². The van der Waals surface area contributed by atoms with Crippen molar-refractivity contribution in [3.05, 3.63) is 0 Å². The minimum Gasteiger partial charge on any atom is -0.466 e. The first-order valence-electron chi connectivity index (χ1n) is 4.23. The van der Waals surface area contributed by atoms with Gasteiger partial charge in [-0.3, -0.25) is 9.59 Å². The molecule has 5 nitrogen and oxygen atoms in total. The minimum atomic E-state index is -1.30. The molecule has 0 saturated heterocycles. The molecular formula is C9H16O5. The second-order valence-corrected chi connectivity index (χ2v) is 2.81. The summed E-state index contributed by atoms with van der Waals surface area (Å²) >= 11 is 0. The van der Waals surface area contributed by atoms with Crippen LogP contribution in [0.5, 0.6) is 0 Å². The Labute approximate surface area is 83.3 Å². The number of methoxy groups -OCH3 is 2. The highest BCUT2D eigenvalue weighted by Crippen LogP contribution is 2.17. The summed E-state index contributed by atoms with van der Waals surface area (Å²) in [6.45, 7) is 2.76. The molecule has 0 aliphatic carbocycles. The average Bonchev–Trinajstić information content (AvgIpc) is 2.12. The molecule has 0 aliphatic heterocycles. The fourth-order valence-electron chi connectivity index (χ4n) is 1.08. The normalized spacial score (nSPS) is 11.1. The van der Waals surface area contributed by atoms with E-state index in [1.807, 2.05) is 0 Å². The van der Waals surface area contributed by atoms with Gasteiger partial charge in [0.2, 0.25) is 5.79 Å². The second-order valence-electron chi connectivity index (χ2n) is 2.81. The summed E-state index contributed by atoms with van der Waals surface area (Å²) in [5, 5.41) is 0. The molecule has 0 aromatic rings. The van der Waals surface area contributed by atoms with Gasteiger partial charge in [-0.15, -0.1) is 0 Å². The first-order chi connectivity index (χ1) is 6.48. The Morgan fingerprint density at radius 1 is 1.14 bits per heavy atom. The summed E-state index contributed by atoms with van der Waals surface area (Å²) in [7, 11) is 2.75. The molecule has 0 spiro atoms. The van der Waals surface area contributed by atoms with Crippen LogP contribution in [0.3, 0.4) is 0 Å². The van der Waals surface area contributed by atoms with Crippen LogP contribution in [0.15, 0.2) is 0 Å². The molecule has 0 atom stereocenters. The van der Waals surface area contributed by atoms with Crippen molar-refractivity contribution in [3.63, 3.8) is 0 Å². The van der Waals surface area contributed by atoms with E-state index < -0.39 is 11.8 Å². The molecule has 0 saturated carbocycles.